The molecular weight excluding hydrogens is 282 g/mol. The second-order valence-electron chi connectivity index (χ2n) is 4.17. The fourth-order valence-electron chi connectivity index (χ4n) is 1.61. The lowest BCUT2D eigenvalue weighted by molar-refractivity contribution is 0.815. The highest BCUT2D eigenvalue weighted by atomic mass is 35.5. The number of aromatic amines is 1. The van der Waals surface area contributed by atoms with Gasteiger partial charge in [0.25, 0.3) is 5.56 Å². The van der Waals surface area contributed by atoms with E-state index in [1.165, 1.54) is 11.8 Å². The molecule has 0 bridgehead atoms. The van der Waals surface area contributed by atoms with Gasteiger partial charge in [0.05, 0.1) is 0 Å². The predicted molar refractivity (Wildman–Crippen MR) is 77.0 cm³/mol. The summed E-state index contributed by atoms with van der Waals surface area (Å²) in [6.45, 7) is 4.00. The number of pyridine rings is 1. The molecule has 0 aliphatic rings. The van der Waals surface area contributed by atoms with Gasteiger partial charge in [-0.2, -0.15) is 0 Å². The summed E-state index contributed by atoms with van der Waals surface area (Å²) in [5, 5.41) is 1.02. The van der Waals surface area contributed by atoms with Crippen molar-refractivity contribution >= 4 is 23.4 Å². The maximum atomic E-state index is 11.6. The number of hydrogen-bond acceptors (Lipinski definition) is 4. The molecule has 19 heavy (non-hydrogen) atoms. The lowest BCUT2D eigenvalue weighted by Gasteiger charge is -2.06. The first-order valence-corrected chi connectivity index (χ1v) is 7.18. The summed E-state index contributed by atoms with van der Waals surface area (Å²) in [5.41, 5.74) is 1.68. The Kier molecular flexibility index (Phi) is 4.61. The number of halogens is 1. The van der Waals surface area contributed by atoms with Crippen LogP contribution in [0.15, 0.2) is 33.2 Å². The fourth-order valence-corrected chi connectivity index (χ4v) is 2.74. The SMILES string of the molecule is CCCc1cc(=O)[nH]c(Sc2cc(Cl)ncc2C)n1. The Morgan fingerprint density at radius 3 is 2.95 bits per heavy atom. The molecule has 0 amide bonds. The minimum absolute atomic E-state index is 0.126. The molecule has 100 valence electrons. The maximum Gasteiger partial charge on any atom is 0.251 e. The lowest BCUT2D eigenvalue weighted by atomic mass is 10.2. The van der Waals surface area contributed by atoms with Gasteiger partial charge < -0.3 is 4.98 Å². The van der Waals surface area contributed by atoms with Gasteiger partial charge in [-0.15, -0.1) is 0 Å². The molecule has 0 unspecified atom stereocenters. The van der Waals surface area contributed by atoms with Crippen LogP contribution in [0.5, 0.6) is 0 Å². The summed E-state index contributed by atoms with van der Waals surface area (Å²) in [6.07, 6.45) is 3.47. The van der Waals surface area contributed by atoms with Gasteiger partial charge in [-0.25, -0.2) is 9.97 Å². The second kappa shape index (κ2) is 6.21. The van der Waals surface area contributed by atoms with Crippen LogP contribution in [0.4, 0.5) is 0 Å². The summed E-state index contributed by atoms with van der Waals surface area (Å²) < 4.78 is 0. The molecule has 0 radical (unpaired) electrons. The first-order chi connectivity index (χ1) is 9.08. The minimum Gasteiger partial charge on any atom is -0.301 e. The third-order valence-electron chi connectivity index (χ3n) is 2.51. The molecule has 2 heterocycles. The van der Waals surface area contributed by atoms with E-state index in [1.807, 2.05) is 6.92 Å². The first kappa shape index (κ1) is 14.1. The number of nitrogens with zero attached hydrogens (tertiary/aromatic N) is 2. The molecule has 2 aromatic rings. The quantitative estimate of drug-likeness (QED) is 0.695. The molecule has 6 heteroatoms. The van der Waals surface area contributed by atoms with Crippen LogP contribution in [0, 0.1) is 6.92 Å². The van der Waals surface area contributed by atoms with Crippen molar-refractivity contribution in [3.63, 3.8) is 0 Å². The smallest absolute Gasteiger partial charge is 0.251 e. The topological polar surface area (TPSA) is 58.6 Å². The van der Waals surface area contributed by atoms with Crippen LogP contribution in [-0.2, 0) is 6.42 Å². The Morgan fingerprint density at radius 2 is 2.21 bits per heavy atom. The number of aryl methyl sites for hydroxylation is 2. The van der Waals surface area contributed by atoms with Gasteiger partial charge in [0.2, 0.25) is 0 Å². The number of H-pyrrole nitrogens is 1. The molecule has 0 fully saturated rings. The van der Waals surface area contributed by atoms with E-state index >= 15 is 0 Å². The molecule has 0 aromatic carbocycles. The largest absolute Gasteiger partial charge is 0.301 e. The van der Waals surface area contributed by atoms with E-state index in [1.54, 1.807) is 18.3 Å². The molecule has 4 nitrogen and oxygen atoms in total. The van der Waals surface area contributed by atoms with Crippen LogP contribution in [0.25, 0.3) is 0 Å². The standard InChI is InChI=1S/C13H14ClN3OS/c1-3-4-9-5-12(18)17-13(16-9)19-10-6-11(14)15-7-8(10)2/h5-7H,3-4H2,1-2H3,(H,16,17,18). The molecule has 0 aliphatic heterocycles. The molecular formula is C13H14ClN3OS. The van der Waals surface area contributed by atoms with Crippen LogP contribution in [0.1, 0.15) is 24.6 Å². The highest BCUT2D eigenvalue weighted by molar-refractivity contribution is 7.99. The van der Waals surface area contributed by atoms with Gasteiger partial charge in [0, 0.05) is 22.9 Å². The zero-order valence-corrected chi connectivity index (χ0v) is 12.3. The summed E-state index contributed by atoms with van der Waals surface area (Å²) in [6, 6.07) is 3.31. The number of aromatic nitrogens is 3. The van der Waals surface area contributed by atoms with Gasteiger partial charge >= 0.3 is 0 Å². The number of hydrogen-bond donors (Lipinski definition) is 1. The lowest BCUT2D eigenvalue weighted by Crippen LogP contribution is -2.09. The minimum atomic E-state index is -0.126. The van der Waals surface area contributed by atoms with Crippen molar-refractivity contribution in [2.45, 2.75) is 36.7 Å². The third kappa shape index (κ3) is 3.81. The molecule has 0 aliphatic carbocycles. The summed E-state index contributed by atoms with van der Waals surface area (Å²) in [5.74, 6) is 0. The predicted octanol–water partition coefficient (Wildman–Crippen LogP) is 3.23. The van der Waals surface area contributed by atoms with Gasteiger partial charge in [-0.3, -0.25) is 4.79 Å². The van der Waals surface area contributed by atoms with Crippen LogP contribution in [0.2, 0.25) is 5.15 Å². The van der Waals surface area contributed by atoms with Gasteiger partial charge in [-0.05, 0) is 25.0 Å². The molecule has 2 aromatic heterocycles. The number of nitrogens with one attached hydrogen (secondary N) is 1. The summed E-state index contributed by atoms with van der Waals surface area (Å²) in [4.78, 5) is 23.7. The van der Waals surface area contributed by atoms with Crippen molar-refractivity contribution < 1.29 is 0 Å². The van der Waals surface area contributed by atoms with Gasteiger partial charge in [0.1, 0.15) is 5.15 Å². The Bertz CT molecular complexity index is 642. The van der Waals surface area contributed by atoms with Crippen molar-refractivity contribution in [2.75, 3.05) is 0 Å². The zero-order valence-electron chi connectivity index (χ0n) is 10.7. The Hall–Kier alpha value is -1.33. The van der Waals surface area contributed by atoms with Crippen LogP contribution >= 0.6 is 23.4 Å². The third-order valence-corrected chi connectivity index (χ3v) is 3.76. The molecule has 0 saturated carbocycles. The second-order valence-corrected chi connectivity index (χ2v) is 5.58. The summed E-state index contributed by atoms with van der Waals surface area (Å²) >= 11 is 7.27. The fraction of sp³-hybridized carbons (Fsp3) is 0.308. The van der Waals surface area contributed by atoms with Gasteiger partial charge in [0.15, 0.2) is 5.16 Å². The van der Waals surface area contributed by atoms with E-state index in [9.17, 15) is 4.79 Å². The molecule has 0 spiro atoms. The monoisotopic (exact) mass is 295 g/mol. The molecule has 0 atom stereocenters. The van der Waals surface area contributed by atoms with E-state index in [-0.39, 0.29) is 5.56 Å². The summed E-state index contributed by atoms with van der Waals surface area (Å²) in [7, 11) is 0. The highest BCUT2D eigenvalue weighted by Gasteiger charge is 2.07. The van der Waals surface area contributed by atoms with Crippen LogP contribution < -0.4 is 5.56 Å². The molecule has 2 rings (SSSR count). The Labute approximate surface area is 120 Å². The van der Waals surface area contributed by atoms with Crippen molar-refractivity contribution in [3.8, 4) is 0 Å². The number of rotatable bonds is 4. The Balaban J connectivity index is 2.32. The van der Waals surface area contributed by atoms with Crippen LogP contribution in [0.3, 0.4) is 0 Å². The van der Waals surface area contributed by atoms with Crippen LogP contribution in [-0.4, -0.2) is 15.0 Å². The molecule has 0 saturated heterocycles. The van der Waals surface area contributed by atoms with Gasteiger partial charge in [-0.1, -0.05) is 36.7 Å². The van der Waals surface area contributed by atoms with E-state index in [2.05, 4.69) is 21.9 Å². The first-order valence-electron chi connectivity index (χ1n) is 5.98. The van der Waals surface area contributed by atoms with E-state index in [0.29, 0.717) is 10.3 Å². The average molecular weight is 296 g/mol. The van der Waals surface area contributed by atoms with Crippen molar-refractivity contribution in [2.24, 2.45) is 0 Å². The van der Waals surface area contributed by atoms with Crippen molar-refractivity contribution in [1.82, 2.24) is 15.0 Å². The Morgan fingerprint density at radius 1 is 1.42 bits per heavy atom. The van der Waals surface area contributed by atoms with E-state index < -0.39 is 0 Å². The van der Waals surface area contributed by atoms with E-state index in [0.717, 1.165) is 29.0 Å². The molecule has 1 N–H and O–H groups in total. The zero-order chi connectivity index (χ0) is 13.8. The average Bonchev–Trinajstić information content (AvgIpc) is 2.33. The van der Waals surface area contributed by atoms with Crippen molar-refractivity contribution in [1.29, 1.82) is 0 Å². The van der Waals surface area contributed by atoms with E-state index in [4.69, 9.17) is 11.6 Å². The highest BCUT2D eigenvalue weighted by Crippen LogP contribution is 2.28. The normalized spacial score (nSPS) is 10.7. The van der Waals surface area contributed by atoms with Crippen molar-refractivity contribution in [3.05, 3.63) is 45.1 Å². The maximum absolute atomic E-state index is 11.6.